The van der Waals surface area contributed by atoms with Crippen molar-refractivity contribution in [2.45, 2.75) is 101 Å². The lowest BCUT2D eigenvalue weighted by Gasteiger charge is -2.51. The highest BCUT2D eigenvalue weighted by Gasteiger charge is 2.59. The highest BCUT2D eigenvalue weighted by Crippen LogP contribution is 2.47. The van der Waals surface area contributed by atoms with Gasteiger partial charge in [0.25, 0.3) is 11.8 Å². The maximum Gasteiger partial charge on any atom is 0.263 e. The summed E-state index contributed by atoms with van der Waals surface area (Å²) < 4.78 is 68.6. The van der Waals surface area contributed by atoms with Gasteiger partial charge in [-0.2, -0.15) is 0 Å². The molecule has 3 aliphatic rings. The highest BCUT2D eigenvalue weighted by molar-refractivity contribution is 6.55. The molecule has 17 heteroatoms. The van der Waals surface area contributed by atoms with E-state index in [2.05, 4.69) is 0 Å². The molecule has 7 aromatic rings. The number of carbonyl (C=O) groups is 2. The Hall–Kier alpha value is -5.56. The van der Waals surface area contributed by atoms with Gasteiger partial charge in [0.1, 0.15) is 48.8 Å². The second kappa shape index (κ2) is 27.9. The predicted molar refractivity (Wildman–Crippen MR) is 302 cm³/mol. The molecule has 2 saturated heterocycles. The lowest BCUT2D eigenvalue weighted by Crippen LogP contribution is -2.69. The van der Waals surface area contributed by atoms with Crippen molar-refractivity contribution in [1.82, 2.24) is 4.90 Å². The lowest BCUT2D eigenvalue weighted by atomic mass is 9.93. The Kier molecular flexibility index (Phi) is 20.1. The topological polar surface area (TPSA) is 130 Å². The number of rotatable bonds is 24. The van der Waals surface area contributed by atoms with Crippen molar-refractivity contribution in [3.63, 3.8) is 0 Å². The van der Waals surface area contributed by atoms with Gasteiger partial charge >= 0.3 is 0 Å². The predicted octanol–water partition coefficient (Wildman–Crippen LogP) is 12.5. The summed E-state index contributed by atoms with van der Waals surface area (Å²) in [6.07, 6.45) is -9.98. The number of nitrogens with zero attached hydrogens (tertiary/aromatic N) is 1. The third-order valence-electron chi connectivity index (χ3n) is 14.1. The van der Waals surface area contributed by atoms with Crippen LogP contribution in [0.1, 0.15) is 54.1 Å². The average Bonchev–Trinajstić information content (AvgIpc) is 4.02. The number of halogens is 4. The summed E-state index contributed by atoms with van der Waals surface area (Å²) in [5.74, 6) is -1.70. The second-order valence-electron chi connectivity index (χ2n) is 19.4. The van der Waals surface area contributed by atoms with Crippen LogP contribution in [-0.4, -0.2) is 98.4 Å². The van der Waals surface area contributed by atoms with Crippen LogP contribution in [0.4, 0.5) is 0 Å². The van der Waals surface area contributed by atoms with Crippen molar-refractivity contribution in [3.05, 3.63) is 247 Å². The average molecular weight is 1160 g/mol. The summed E-state index contributed by atoms with van der Waals surface area (Å²) in [7, 11) is 1.53. The van der Waals surface area contributed by atoms with Gasteiger partial charge in [-0.3, -0.25) is 14.5 Å². The number of hydrogen-bond acceptors (Lipinski definition) is 12. The van der Waals surface area contributed by atoms with Gasteiger partial charge in [-0.05, 0) is 33.4 Å². The van der Waals surface area contributed by atoms with E-state index in [-0.39, 0.29) is 84.1 Å². The molecule has 0 saturated carbocycles. The van der Waals surface area contributed by atoms with Crippen molar-refractivity contribution < 1.29 is 57.0 Å². The maximum atomic E-state index is 15.4. The Morgan fingerprint density at radius 3 is 1.10 bits per heavy atom. The molecule has 0 spiro atoms. The number of benzene rings is 7. The number of carbonyl (C=O) groups excluding carboxylic acids is 2. The standard InChI is InChI=1S/C63H59Cl4NO12/c1-71-63-59(77-37-45-30-18-7-19-31-45)58(76-36-44-28-16-6-17-29-44)56(47(79-63)39-73-33-41-22-10-3-11-23-41)80-62-54(68-60(69)48-49(61(68)70)51(65)53(67)52(66)50(48)64)57(75-35-43-26-14-5-15-27-43)55(74-34-42-24-12-4-13-25-42)46(78-62)38-72-32-40-20-8-2-9-21-40/h2-31,46-47,54-59,62-63H,32-39H2,1H3/t46-,47-,54-,55-,56-,57-,58+,59-,62+,63+/m1/s1. The molecule has 3 aliphatic heterocycles. The van der Waals surface area contributed by atoms with Crippen LogP contribution in [0.5, 0.6) is 0 Å². The number of methoxy groups -OCH3 is 1. The fraction of sp³-hybridized carbons (Fsp3) is 0.302. The van der Waals surface area contributed by atoms with Crippen LogP contribution in [0.25, 0.3) is 0 Å². The van der Waals surface area contributed by atoms with E-state index in [1.54, 1.807) is 0 Å². The first-order valence-corrected chi connectivity index (χ1v) is 27.8. The molecule has 80 heavy (non-hydrogen) atoms. The molecular formula is C63H59Cl4NO12. The van der Waals surface area contributed by atoms with Crippen molar-refractivity contribution in [2.75, 3.05) is 20.3 Å². The first kappa shape index (κ1) is 57.7. The molecule has 0 radical (unpaired) electrons. The van der Waals surface area contributed by atoms with Crippen LogP contribution < -0.4 is 0 Å². The Bertz CT molecular complexity index is 3050. The number of amides is 2. The zero-order valence-electron chi connectivity index (χ0n) is 43.6. The Morgan fingerprint density at radius 1 is 0.388 bits per heavy atom. The fourth-order valence-corrected chi connectivity index (χ4v) is 11.1. The van der Waals surface area contributed by atoms with Gasteiger partial charge in [0.15, 0.2) is 12.6 Å². The number of fused-ring (bicyclic) bond motifs is 1. The van der Waals surface area contributed by atoms with E-state index in [1.165, 1.54) is 7.11 Å². The second-order valence-corrected chi connectivity index (χ2v) is 21.0. The van der Waals surface area contributed by atoms with Crippen LogP contribution >= 0.6 is 46.4 Å². The summed E-state index contributed by atoms with van der Waals surface area (Å²) in [5.41, 5.74) is 4.70. The largest absolute Gasteiger partial charge is 0.374 e. The molecule has 0 N–H and O–H groups in total. The summed E-state index contributed by atoms with van der Waals surface area (Å²) >= 11 is 27.0. The fourth-order valence-electron chi connectivity index (χ4n) is 10.1. The normalized spacial score (nSPS) is 23.8. The third kappa shape index (κ3) is 13.7. The van der Waals surface area contributed by atoms with E-state index in [9.17, 15) is 0 Å². The quantitative estimate of drug-likeness (QED) is 0.0324. The minimum Gasteiger partial charge on any atom is -0.374 e. The lowest BCUT2D eigenvalue weighted by molar-refractivity contribution is -0.363. The molecule has 10 atom stereocenters. The van der Waals surface area contributed by atoms with Crippen LogP contribution in [0.2, 0.25) is 20.1 Å². The zero-order valence-corrected chi connectivity index (χ0v) is 46.6. The van der Waals surface area contributed by atoms with Gasteiger partial charge in [-0.1, -0.05) is 228 Å². The molecule has 13 nitrogen and oxygen atoms in total. The van der Waals surface area contributed by atoms with Crippen molar-refractivity contribution in [1.29, 1.82) is 0 Å². The summed E-state index contributed by atoms with van der Waals surface area (Å²) in [6.45, 7) is 0.620. The Morgan fingerprint density at radius 2 is 0.713 bits per heavy atom. The van der Waals surface area contributed by atoms with Gasteiger partial charge < -0.3 is 47.4 Å². The molecule has 10 rings (SSSR count). The van der Waals surface area contributed by atoms with E-state index in [1.807, 2.05) is 182 Å². The molecule has 7 aromatic carbocycles. The summed E-state index contributed by atoms with van der Waals surface area (Å²) in [6, 6.07) is 56.3. The smallest absolute Gasteiger partial charge is 0.263 e. The molecule has 0 bridgehead atoms. The van der Waals surface area contributed by atoms with Crippen LogP contribution in [-0.2, 0) is 87.0 Å². The van der Waals surface area contributed by atoms with E-state index < -0.39 is 73.2 Å². The van der Waals surface area contributed by atoms with Gasteiger partial charge in [0.05, 0.1) is 84.1 Å². The van der Waals surface area contributed by atoms with E-state index in [0.717, 1.165) is 38.3 Å². The zero-order chi connectivity index (χ0) is 55.4. The van der Waals surface area contributed by atoms with Gasteiger partial charge in [0.2, 0.25) is 0 Å². The van der Waals surface area contributed by atoms with Gasteiger partial charge in [0, 0.05) is 7.11 Å². The third-order valence-corrected chi connectivity index (χ3v) is 15.9. The molecule has 0 aliphatic carbocycles. The van der Waals surface area contributed by atoms with E-state index in [0.29, 0.717) is 0 Å². The SMILES string of the molecule is CO[C@H]1O[C@H](COCc2ccccc2)[C@@H](O[C@@H]2O[C@H](COCc3ccccc3)[C@@H](OCc3ccccc3)[C@H](OCc3ccccc3)[C@H]2N2C(=O)c3c(Cl)c(Cl)c(Cl)c(Cl)c3C2=O)[C@H](OCc2ccccc2)[C@H]1OCc1ccccc1. The van der Waals surface area contributed by atoms with Gasteiger partial charge in [-0.15, -0.1) is 0 Å². The molecule has 3 heterocycles. The van der Waals surface area contributed by atoms with Crippen molar-refractivity contribution in [2.24, 2.45) is 0 Å². The van der Waals surface area contributed by atoms with Crippen molar-refractivity contribution >= 4 is 58.2 Å². The first-order chi connectivity index (χ1) is 39.2. The molecule has 416 valence electrons. The summed E-state index contributed by atoms with van der Waals surface area (Å²) in [5, 5.41) is -0.914. The Labute approximate surface area is 485 Å². The molecule has 2 amide bonds. The molecular weight excluding hydrogens is 1100 g/mol. The van der Waals surface area contributed by atoms with Crippen LogP contribution in [0.3, 0.4) is 0 Å². The minimum atomic E-state index is -1.58. The maximum absolute atomic E-state index is 15.4. The summed E-state index contributed by atoms with van der Waals surface area (Å²) in [4.78, 5) is 31.9. The Balaban J connectivity index is 1.11. The number of hydrogen-bond donors (Lipinski definition) is 0. The number of ether oxygens (including phenoxy) is 10. The molecule has 0 unspecified atom stereocenters. The first-order valence-electron chi connectivity index (χ1n) is 26.2. The number of imide groups is 1. The molecule has 2 fully saturated rings. The molecule has 0 aromatic heterocycles. The monoisotopic (exact) mass is 1160 g/mol. The van der Waals surface area contributed by atoms with E-state index in [4.69, 9.17) is 93.8 Å². The highest BCUT2D eigenvalue weighted by atomic mass is 35.5. The van der Waals surface area contributed by atoms with E-state index >= 15 is 9.59 Å². The van der Waals surface area contributed by atoms with Gasteiger partial charge in [-0.25, -0.2) is 0 Å². The van der Waals surface area contributed by atoms with Crippen LogP contribution in [0.15, 0.2) is 182 Å². The van der Waals surface area contributed by atoms with Crippen molar-refractivity contribution in [3.8, 4) is 0 Å². The minimum absolute atomic E-state index is 0.00389. The van der Waals surface area contributed by atoms with Crippen LogP contribution in [0, 0.1) is 0 Å².